The van der Waals surface area contributed by atoms with E-state index in [1.165, 1.54) is 19.8 Å². The first-order chi connectivity index (χ1) is 14.2. The summed E-state index contributed by atoms with van der Waals surface area (Å²) in [5, 5.41) is 0. The van der Waals surface area contributed by atoms with E-state index < -0.39 is 19.4 Å². The summed E-state index contributed by atoms with van der Waals surface area (Å²) < 4.78 is 16.1. The van der Waals surface area contributed by atoms with Crippen LogP contribution in [-0.4, -0.2) is 28.0 Å². The Morgan fingerprint density at radius 2 is 1.30 bits per heavy atom. The van der Waals surface area contributed by atoms with Crippen LogP contribution in [0.5, 0.6) is 0 Å². The van der Waals surface area contributed by atoms with E-state index in [0.29, 0.717) is 12.8 Å². The van der Waals surface area contributed by atoms with E-state index in [-0.39, 0.29) is 12.2 Å². The van der Waals surface area contributed by atoms with Gasteiger partial charge in [0.15, 0.2) is 0 Å². The Morgan fingerprint density at radius 3 is 1.70 bits per heavy atom. The molecule has 30 heavy (non-hydrogen) atoms. The van der Waals surface area contributed by atoms with Crippen LogP contribution >= 0.6 is 7.82 Å². The van der Waals surface area contributed by atoms with E-state index in [2.05, 4.69) is 20.4 Å². The summed E-state index contributed by atoms with van der Waals surface area (Å²) in [6.45, 7) is 9.05. The molecule has 0 saturated carbocycles. The topological polar surface area (TPSA) is 102 Å². The highest BCUT2D eigenvalue weighted by molar-refractivity contribution is 7.46. The second-order valence-electron chi connectivity index (χ2n) is 8.22. The number of phosphoric ester groups is 1. The van der Waals surface area contributed by atoms with Crippen LogP contribution in [0.3, 0.4) is 0 Å². The van der Waals surface area contributed by atoms with Gasteiger partial charge in [-0.15, -0.1) is 0 Å². The number of unbranched alkanes of at least 4 members (excludes halogenated alkanes) is 10. The van der Waals surface area contributed by atoms with Crippen molar-refractivity contribution in [1.29, 1.82) is 0 Å². The molecule has 0 unspecified atom stereocenters. The van der Waals surface area contributed by atoms with E-state index in [1.54, 1.807) is 0 Å². The molecule has 0 aliphatic rings. The summed E-state index contributed by atoms with van der Waals surface area (Å²) in [6, 6.07) is 0. The maximum absolute atomic E-state index is 11.8. The predicted molar refractivity (Wildman–Crippen MR) is 119 cm³/mol. The molecule has 0 radical (unpaired) electrons. The summed E-state index contributed by atoms with van der Waals surface area (Å²) in [4.78, 5) is 40.7. The molecule has 7 nitrogen and oxygen atoms in total. The number of hydrogen-bond donors (Lipinski definition) is 2. The van der Waals surface area contributed by atoms with Gasteiger partial charge in [-0.05, 0) is 19.8 Å². The fraction of sp³-hybridized carbons (Fsp3) is 0.864. The lowest BCUT2D eigenvalue weighted by Gasteiger charge is -2.31. The highest BCUT2D eigenvalue weighted by atomic mass is 31.2. The zero-order chi connectivity index (χ0) is 22.9. The average molecular weight is 451 g/mol. The van der Waals surface area contributed by atoms with Crippen LogP contribution < -0.4 is 0 Å². The molecule has 0 aromatic heterocycles. The lowest BCUT2D eigenvalue weighted by atomic mass is 9.90. The normalized spacial score (nSPS) is 12.2. The summed E-state index contributed by atoms with van der Waals surface area (Å²) >= 11 is 0. The van der Waals surface area contributed by atoms with Crippen molar-refractivity contribution < 1.29 is 33.4 Å². The molecule has 178 valence electrons. The second-order valence-corrected chi connectivity index (χ2v) is 9.46. The summed E-state index contributed by atoms with van der Waals surface area (Å²) in [6.07, 6.45) is 13.8. The third-order valence-corrected chi connectivity index (χ3v) is 5.58. The van der Waals surface area contributed by atoms with Crippen molar-refractivity contribution in [1.82, 2.24) is 0 Å². The van der Waals surface area contributed by atoms with Crippen molar-refractivity contribution in [2.24, 2.45) is 0 Å². The SMILES string of the molecule is C=C(C)C(=O)OOC(CCCCCCCC)(CCCCCCCC)COP(=O)(O)O. The van der Waals surface area contributed by atoms with Gasteiger partial charge in [-0.2, -0.15) is 4.89 Å². The minimum Gasteiger partial charge on any atom is -0.303 e. The van der Waals surface area contributed by atoms with Crippen molar-refractivity contribution in [2.45, 2.75) is 116 Å². The molecule has 0 heterocycles. The lowest BCUT2D eigenvalue weighted by Crippen LogP contribution is -2.39. The maximum Gasteiger partial charge on any atom is 0.469 e. The van der Waals surface area contributed by atoms with Crippen molar-refractivity contribution >= 4 is 13.8 Å². The molecule has 0 rings (SSSR count). The fourth-order valence-electron chi connectivity index (χ4n) is 3.23. The predicted octanol–water partition coefficient (Wildman–Crippen LogP) is 6.39. The minimum absolute atomic E-state index is 0.193. The minimum atomic E-state index is -4.67. The van der Waals surface area contributed by atoms with Crippen LogP contribution in [0.25, 0.3) is 0 Å². The Kier molecular flexibility index (Phi) is 16.5. The molecule has 0 fully saturated rings. The van der Waals surface area contributed by atoms with Crippen molar-refractivity contribution in [3.63, 3.8) is 0 Å². The Balaban J connectivity index is 5.03. The van der Waals surface area contributed by atoms with Gasteiger partial charge in [0.05, 0.1) is 6.61 Å². The Labute approximate surface area is 182 Å². The van der Waals surface area contributed by atoms with Gasteiger partial charge < -0.3 is 9.79 Å². The molecule has 0 aliphatic heterocycles. The van der Waals surface area contributed by atoms with E-state index in [9.17, 15) is 19.1 Å². The third-order valence-electron chi connectivity index (χ3n) is 5.11. The highest BCUT2D eigenvalue weighted by Gasteiger charge is 2.36. The van der Waals surface area contributed by atoms with E-state index in [4.69, 9.17) is 14.3 Å². The molecule has 0 atom stereocenters. The van der Waals surface area contributed by atoms with Crippen LogP contribution in [0, 0.1) is 0 Å². The molecule has 0 aromatic rings. The molecule has 0 aromatic carbocycles. The number of rotatable bonds is 20. The molecule has 0 saturated heterocycles. The summed E-state index contributed by atoms with van der Waals surface area (Å²) in [7, 11) is -4.67. The van der Waals surface area contributed by atoms with Gasteiger partial charge in [0.25, 0.3) is 0 Å². The largest absolute Gasteiger partial charge is 0.469 e. The second kappa shape index (κ2) is 16.9. The number of carbonyl (C=O) groups is 1. The first kappa shape index (κ1) is 29.3. The number of carbonyl (C=O) groups excluding carboxylic acids is 1. The van der Waals surface area contributed by atoms with Gasteiger partial charge in [0.1, 0.15) is 5.60 Å². The maximum atomic E-state index is 11.8. The lowest BCUT2D eigenvalue weighted by molar-refractivity contribution is -0.339. The molecule has 8 heteroatoms. The van der Waals surface area contributed by atoms with Crippen molar-refractivity contribution in [3.05, 3.63) is 12.2 Å². The van der Waals surface area contributed by atoms with E-state index >= 15 is 0 Å². The molecule has 0 aliphatic carbocycles. The van der Waals surface area contributed by atoms with E-state index in [0.717, 1.165) is 64.2 Å². The standard InChI is InChI=1S/C22H43O7P/c1-5-7-9-11-13-15-17-22(19-27-30(24,25)26,29-28-21(23)20(3)4)18-16-14-12-10-8-6-2/h3,5-19H2,1-2,4H3,(H2,24,25,26). The molecular formula is C22H43O7P. The van der Waals surface area contributed by atoms with Crippen molar-refractivity contribution in [2.75, 3.05) is 6.61 Å². The first-order valence-electron chi connectivity index (χ1n) is 11.4. The van der Waals surface area contributed by atoms with Crippen LogP contribution in [0.4, 0.5) is 0 Å². The molecular weight excluding hydrogens is 407 g/mol. The van der Waals surface area contributed by atoms with Gasteiger partial charge in [-0.3, -0.25) is 9.41 Å². The van der Waals surface area contributed by atoms with Gasteiger partial charge in [-0.25, -0.2) is 9.36 Å². The van der Waals surface area contributed by atoms with Gasteiger partial charge in [-0.1, -0.05) is 97.5 Å². The van der Waals surface area contributed by atoms with Gasteiger partial charge in [0.2, 0.25) is 0 Å². The smallest absolute Gasteiger partial charge is 0.303 e. The zero-order valence-corrected chi connectivity index (χ0v) is 20.1. The quantitative estimate of drug-likeness (QED) is 0.0728. The third kappa shape index (κ3) is 16.0. The van der Waals surface area contributed by atoms with Gasteiger partial charge >= 0.3 is 13.8 Å². The monoisotopic (exact) mass is 450 g/mol. The highest BCUT2D eigenvalue weighted by Crippen LogP contribution is 2.39. The summed E-state index contributed by atoms with van der Waals surface area (Å²) in [5.74, 6) is -0.693. The number of hydrogen-bond acceptors (Lipinski definition) is 5. The molecule has 0 spiro atoms. The van der Waals surface area contributed by atoms with Crippen LogP contribution in [0.1, 0.15) is 111 Å². The Bertz CT molecular complexity index is 500. The fourth-order valence-corrected chi connectivity index (χ4v) is 3.63. The Hall–Kier alpha value is -0.720. The van der Waals surface area contributed by atoms with Crippen molar-refractivity contribution in [3.8, 4) is 0 Å². The molecule has 2 N–H and O–H groups in total. The Morgan fingerprint density at radius 1 is 0.867 bits per heavy atom. The number of phosphoric acid groups is 1. The average Bonchev–Trinajstić information content (AvgIpc) is 2.68. The van der Waals surface area contributed by atoms with Gasteiger partial charge in [0, 0.05) is 5.57 Å². The summed E-state index contributed by atoms with van der Waals surface area (Å²) in [5.41, 5.74) is -0.888. The van der Waals surface area contributed by atoms with Crippen LogP contribution in [0.15, 0.2) is 12.2 Å². The molecule has 0 bridgehead atoms. The molecule has 0 amide bonds. The first-order valence-corrected chi connectivity index (χ1v) is 12.9. The van der Waals surface area contributed by atoms with E-state index in [1.807, 2.05) is 0 Å². The van der Waals surface area contributed by atoms with Crippen LogP contribution in [-0.2, 0) is 23.7 Å². The van der Waals surface area contributed by atoms with Crippen LogP contribution in [0.2, 0.25) is 0 Å². The zero-order valence-electron chi connectivity index (χ0n) is 19.2.